The number of aromatic nitrogens is 1. The third kappa shape index (κ3) is 3.81. The van der Waals surface area contributed by atoms with Gasteiger partial charge in [-0.15, -0.1) is 11.3 Å². The fourth-order valence-corrected chi connectivity index (χ4v) is 5.07. The fourth-order valence-electron chi connectivity index (χ4n) is 4.00. The van der Waals surface area contributed by atoms with E-state index in [1.165, 1.54) is 21.5 Å². The van der Waals surface area contributed by atoms with E-state index in [4.69, 9.17) is 4.98 Å². The Morgan fingerprint density at radius 3 is 2.80 bits per heavy atom. The van der Waals surface area contributed by atoms with E-state index < -0.39 is 0 Å². The van der Waals surface area contributed by atoms with E-state index in [1.807, 2.05) is 30.3 Å². The Morgan fingerprint density at radius 1 is 1.10 bits per heavy atom. The van der Waals surface area contributed by atoms with Crippen molar-refractivity contribution in [3.05, 3.63) is 77.9 Å². The number of carbonyl (C=O) groups excluding carboxylic acids is 1. The normalized spacial score (nSPS) is 13.3. The SMILES string of the molecule is Cc1ccc2nc(-c3ccc(NC(=O)CN4CCCc5ccccc54)cc3)sc2c1. The van der Waals surface area contributed by atoms with Gasteiger partial charge in [0.2, 0.25) is 5.91 Å². The third-order valence-corrected chi connectivity index (χ3v) is 6.57. The van der Waals surface area contributed by atoms with Crippen LogP contribution in [0.3, 0.4) is 0 Å². The predicted molar refractivity (Wildman–Crippen MR) is 125 cm³/mol. The van der Waals surface area contributed by atoms with Gasteiger partial charge >= 0.3 is 0 Å². The van der Waals surface area contributed by atoms with E-state index in [0.29, 0.717) is 6.54 Å². The van der Waals surface area contributed by atoms with Gasteiger partial charge < -0.3 is 10.2 Å². The summed E-state index contributed by atoms with van der Waals surface area (Å²) in [6, 6.07) is 22.6. The molecular weight excluding hydrogens is 390 g/mol. The van der Waals surface area contributed by atoms with Crippen LogP contribution in [-0.4, -0.2) is 24.0 Å². The van der Waals surface area contributed by atoms with Gasteiger partial charge in [0.25, 0.3) is 0 Å². The van der Waals surface area contributed by atoms with Gasteiger partial charge in [-0.1, -0.05) is 24.3 Å². The van der Waals surface area contributed by atoms with Crippen LogP contribution < -0.4 is 10.2 Å². The van der Waals surface area contributed by atoms with E-state index >= 15 is 0 Å². The quantitative estimate of drug-likeness (QED) is 0.469. The van der Waals surface area contributed by atoms with E-state index in [9.17, 15) is 4.79 Å². The number of anilines is 2. The van der Waals surface area contributed by atoms with Gasteiger partial charge in [-0.3, -0.25) is 4.79 Å². The van der Waals surface area contributed by atoms with Crippen molar-refractivity contribution in [3.63, 3.8) is 0 Å². The first-order chi connectivity index (χ1) is 14.7. The van der Waals surface area contributed by atoms with E-state index in [1.54, 1.807) is 11.3 Å². The number of hydrogen-bond acceptors (Lipinski definition) is 4. The van der Waals surface area contributed by atoms with Gasteiger partial charge in [0.15, 0.2) is 0 Å². The van der Waals surface area contributed by atoms with Gasteiger partial charge in [-0.05, 0) is 73.4 Å². The molecule has 4 nitrogen and oxygen atoms in total. The zero-order valence-electron chi connectivity index (χ0n) is 16.9. The second-order valence-corrected chi connectivity index (χ2v) is 8.80. The summed E-state index contributed by atoms with van der Waals surface area (Å²) in [4.78, 5) is 19.5. The van der Waals surface area contributed by atoms with Crippen molar-refractivity contribution in [2.45, 2.75) is 19.8 Å². The molecule has 3 aromatic carbocycles. The summed E-state index contributed by atoms with van der Waals surface area (Å²) >= 11 is 1.70. The highest BCUT2D eigenvalue weighted by Gasteiger charge is 2.18. The number of amides is 1. The van der Waals surface area contributed by atoms with Crippen LogP contribution in [0.15, 0.2) is 66.7 Å². The minimum Gasteiger partial charge on any atom is -0.362 e. The van der Waals surface area contributed by atoms with Crippen molar-refractivity contribution in [2.75, 3.05) is 23.3 Å². The molecule has 4 aromatic rings. The molecule has 5 rings (SSSR count). The highest BCUT2D eigenvalue weighted by Crippen LogP contribution is 2.31. The zero-order valence-corrected chi connectivity index (χ0v) is 17.7. The van der Waals surface area contributed by atoms with Crippen molar-refractivity contribution < 1.29 is 4.79 Å². The van der Waals surface area contributed by atoms with Crippen molar-refractivity contribution in [1.82, 2.24) is 4.98 Å². The van der Waals surface area contributed by atoms with Gasteiger partial charge in [0.05, 0.1) is 16.8 Å². The van der Waals surface area contributed by atoms with Gasteiger partial charge in [0, 0.05) is 23.5 Å². The lowest BCUT2D eigenvalue weighted by Crippen LogP contribution is -2.36. The molecule has 0 saturated heterocycles. The van der Waals surface area contributed by atoms with Crippen LogP contribution in [0.2, 0.25) is 0 Å². The number of carbonyl (C=O) groups is 1. The number of para-hydroxylation sites is 1. The minimum atomic E-state index is 0.00918. The Kier molecular flexibility index (Phi) is 4.97. The molecule has 1 N–H and O–H groups in total. The number of rotatable bonds is 4. The number of nitrogens with zero attached hydrogens (tertiary/aromatic N) is 2. The number of thiazole rings is 1. The minimum absolute atomic E-state index is 0.00918. The molecule has 150 valence electrons. The molecule has 0 bridgehead atoms. The zero-order chi connectivity index (χ0) is 20.5. The van der Waals surface area contributed by atoms with Crippen LogP contribution in [0, 0.1) is 6.92 Å². The standard InChI is InChI=1S/C25H23N3OS/c1-17-8-13-21-23(15-17)30-25(27-21)19-9-11-20(12-10-19)26-24(29)16-28-14-4-6-18-5-2-3-7-22(18)28/h2-3,5,7-13,15H,4,6,14,16H2,1H3,(H,26,29). The average Bonchev–Trinajstić information content (AvgIpc) is 3.18. The van der Waals surface area contributed by atoms with Crippen LogP contribution in [-0.2, 0) is 11.2 Å². The monoisotopic (exact) mass is 413 g/mol. The van der Waals surface area contributed by atoms with E-state index in [0.717, 1.165) is 41.2 Å². The van der Waals surface area contributed by atoms with Crippen molar-refractivity contribution in [3.8, 4) is 10.6 Å². The predicted octanol–water partition coefficient (Wildman–Crippen LogP) is 5.66. The first kappa shape index (κ1) is 18.8. The van der Waals surface area contributed by atoms with Crippen molar-refractivity contribution >= 4 is 38.8 Å². The number of aryl methyl sites for hydroxylation is 2. The number of nitrogens with one attached hydrogen (secondary N) is 1. The van der Waals surface area contributed by atoms with Gasteiger partial charge in [-0.25, -0.2) is 4.98 Å². The Hall–Kier alpha value is -3.18. The molecule has 0 aliphatic carbocycles. The van der Waals surface area contributed by atoms with Crippen molar-refractivity contribution in [2.24, 2.45) is 0 Å². The summed E-state index contributed by atoms with van der Waals surface area (Å²) in [5.74, 6) is 0.00918. The molecule has 1 aliphatic heterocycles. The van der Waals surface area contributed by atoms with Crippen LogP contribution in [0.4, 0.5) is 11.4 Å². The summed E-state index contributed by atoms with van der Waals surface area (Å²) < 4.78 is 1.20. The van der Waals surface area contributed by atoms with Crippen LogP contribution in [0.25, 0.3) is 20.8 Å². The first-order valence-corrected chi connectivity index (χ1v) is 11.1. The molecule has 1 aliphatic rings. The summed E-state index contributed by atoms with van der Waals surface area (Å²) in [6.07, 6.45) is 2.17. The van der Waals surface area contributed by atoms with E-state index in [2.05, 4.69) is 53.5 Å². The van der Waals surface area contributed by atoms with Gasteiger partial charge in [-0.2, -0.15) is 0 Å². The van der Waals surface area contributed by atoms with Crippen LogP contribution >= 0.6 is 11.3 Å². The molecule has 0 radical (unpaired) electrons. The maximum Gasteiger partial charge on any atom is 0.243 e. The van der Waals surface area contributed by atoms with Gasteiger partial charge in [0.1, 0.15) is 5.01 Å². The Balaban J connectivity index is 1.27. The molecule has 5 heteroatoms. The maximum absolute atomic E-state index is 12.6. The molecule has 1 amide bonds. The molecule has 0 atom stereocenters. The summed E-state index contributed by atoms with van der Waals surface area (Å²) in [5, 5.41) is 4.03. The van der Waals surface area contributed by atoms with Crippen LogP contribution in [0.5, 0.6) is 0 Å². The second kappa shape index (κ2) is 7.92. The molecule has 0 saturated carbocycles. The highest BCUT2D eigenvalue weighted by molar-refractivity contribution is 7.21. The molecule has 1 aromatic heterocycles. The maximum atomic E-state index is 12.6. The first-order valence-electron chi connectivity index (χ1n) is 10.3. The molecule has 0 spiro atoms. The molecule has 0 fully saturated rings. The third-order valence-electron chi connectivity index (χ3n) is 5.50. The van der Waals surface area contributed by atoms with Crippen LogP contribution in [0.1, 0.15) is 17.5 Å². The number of hydrogen-bond donors (Lipinski definition) is 1. The summed E-state index contributed by atoms with van der Waals surface area (Å²) in [7, 11) is 0. The molecule has 30 heavy (non-hydrogen) atoms. The Labute approximate surface area is 180 Å². The second-order valence-electron chi connectivity index (χ2n) is 7.77. The topological polar surface area (TPSA) is 45.2 Å². The molecular formula is C25H23N3OS. The molecule has 0 unspecified atom stereocenters. The Morgan fingerprint density at radius 2 is 1.93 bits per heavy atom. The number of benzene rings is 3. The lowest BCUT2D eigenvalue weighted by molar-refractivity contribution is -0.115. The average molecular weight is 414 g/mol. The largest absolute Gasteiger partial charge is 0.362 e. The van der Waals surface area contributed by atoms with E-state index in [-0.39, 0.29) is 5.91 Å². The lowest BCUT2D eigenvalue weighted by Gasteiger charge is -2.30. The summed E-state index contributed by atoms with van der Waals surface area (Å²) in [6.45, 7) is 3.38. The lowest BCUT2D eigenvalue weighted by atomic mass is 10.0. The Bertz CT molecular complexity index is 1210. The molecule has 2 heterocycles. The smallest absolute Gasteiger partial charge is 0.243 e. The number of fused-ring (bicyclic) bond motifs is 2. The van der Waals surface area contributed by atoms with Crippen molar-refractivity contribution in [1.29, 1.82) is 0 Å². The fraction of sp³-hybridized carbons (Fsp3) is 0.200. The summed E-state index contributed by atoms with van der Waals surface area (Å²) in [5.41, 5.74) is 6.65. The highest BCUT2D eigenvalue weighted by atomic mass is 32.1.